The van der Waals surface area contributed by atoms with E-state index in [1.54, 1.807) is 0 Å². The van der Waals surface area contributed by atoms with Crippen LogP contribution in [0.4, 0.5) is 18.0 Å². The van der Waals surface area contributed by atoms with Gasteiger partial charge >= 0.3 is 12.2 Å². The number of nitrogens with two attached hydrogens (primary N) is 1. The van der Waals surface area contributed by atoms with Crippen LogP contribution < -0.4 is 5.73 Å². The quantitative estimate of drug-likeness (QED) is 0.876. The van der Waals surface area contributed by atoms with E-state index in [1.165, 1.54) is 4.90 Å². The molecule has 1 fully saturated rings. The number of amides is 2. The van der Waals surface area contributed by atoms with Crippen molar-refractivity contribution in [2.24, 2.45) is 5.73 Å². The average Bonchev–Trinajstić information content (AvgIpc) is 2.73. The second kappa shape index (κ2) is 6.36. The number of alkyl halides is 3. The maximum atomic E-state index is 12.5. The van der Waals surface area contributed by atoms with Crippen LogP contribution in [0, 0.1) is 0 Å². The lowest BCUT2D eigenvalue weighted by Crippen LogP contribution is -2.39. The molecule has 0 saturated carbocycles. The fourth-order valence-electron chi connectivity index (χ4n) is 2.32. The SMILES string of the molecule is NC(=O)N1CCCN(S(=O)(=O)c2ccc(C(F)(F)F)cc2)CC1. The summed E-state index contributed by atoms with van der Waals surface area (Å²) in [5.74, 6) is 0. The Morgan fingerprint density at radius 2 is 1.65 bits per heavy atom. The number of primary amides is 1. The van der Waals surface area contributed by atoms with Gasteiger partial charge in [-0.15, -0.1) is 0 Å². The van der Waals surface area contributed by atoms with E-state index in [-0.39, 0.29) is 24.5 Å². The van der Waals surface area contributed by atoms with Gasteiger partial charge in [-0.25, -0.2) is 13.2 Å². The number of benzene rings is 1. The fraction of sp³-hybridized carbons (Fsp3) is 0.462. The number of carbonyl (C=O) groups is 1. The standard InChI is InChI=1S/C13H16F3N3O3S/c14-13(15,16)10-2-4-11(5-3-10)23(21,22)19-7-1-6-18(8-9-19)12(17)20/h2-5H,1,6-9H2,(H2,17,20). The highest BCUT2D eigenvalue weighted by Crippen LogP contribution is 2.30. The summed E-state index contributed by atoms with van der Waals surface area (Å²) in [6.45, 7) is 0.711. The molecular weight excluding hydrogens is 335 g/mol. The molecule has 1 aliphatic rings. The zero-order valence-electron chi connectivity index (χ0n) is 12.1. The summed E-state index contributed by atoms with van der Waals surface area (Å²) in [4.78, 5) is 12.3. The summed E-state index contributed by atoms with van der Waals surface area (Å²) in [6.07, 6.45) is -4.12. The minimum atomic E-state index is -4.52. The smallest absolute Gasteiger partial charge is 0.351 e. The Labute approximate surface area is 131 Å². The lowest BCUT2D eigenvalue weighted by molar-refractivity contribution is -0.137. The van der Waals surface area contributed by atoms with Gasteiger partial charge in [0.1, 0.15) is 0 Å². The highest BCUT2D eigenvalue weighted by Gasteiger charge is 2.32. The number of nitrogens with zero attached hydrogens (tertiary/aromatic N) is 2. The Balaban J connectivity index is 2.19. The van der Waals surface area contributed by atoms with Crippen molar-refractivity contribution >= 4 is 16.1 Å². The van der Waals surface area contributed by atoms with E-state index in [0.717, 1.165) is 28.6 Å². The van der Waals surface area contributed by atoms with Crippen LogP contribution >= 0.6 is 0 Å². The zero-order chi connectivity index (χ0) is 17.3. The summed E-state index contributed by atoms with van der Waals surface area (Å²) in [6, 6.07) is 2.73. The van der Waals surface area contributed by atoms with Crippen molar-refractivity contribution < 1.29 is 26.4 Å². The molecule has 6 nitrogen and oxygen atoms in total. The number of hydrogen-bond donors (Lipinski definition) is 1. The topological polar surface area (TPSA) is 83.7 Å². The summed E-state index contributed by atoms with van der Waals surface area (Å²) < 4.78 is 63.7. The van der Waals surface area contributed by atoms with Crippen LogP contribution in [0.25, 0.3) is 0 Å². The molecule has 1 aromatic carbocycles. The molecule has 1 aromatic rings. The van der Waals surface area contributed by atoms with Gasteiger partial charge in [0.15, 0.2) is 0 Å². The molecule has 0 radical (unpaired) electrons. The molecule has 2 N–H and O–H groups in total. The molecule has 1 aliphatic heterocycles. The van der Waals surface area contributed by atoms with Crippen LogP contribution in [0.15, 0.2) is 29.2 Å². The molecule has 1 saturated heterocycles. The van der Waals surface area contributed by atoms with E-state index in [2.05, 4.69) is 0 Å². The van der Waals surface area contributed by atoms with Gasteiger partial charge in [-0.05, 0) is 30.7 Å². The lowest BCUT2D eigenvalue weighted by atomic mass is 10.2. The van der Waals surface area contributed by atoms with Crippen molar-refractivity contribution in [1.82, 2.24) is 9.21 Å². The summed E-state index contributed by atoms with van der Waals surface area (Å²) >= 11 is 0. The molecule has 0 spiro atoms. The number of carbonyl (C=O) groups excluding carboxylic acids is 1. The minimum Gasteiger partial charge on any atom is -0.351 e. The number of rotatable bonds is 2. The lowest BCUT2D eigenvalue weighted by Gasteiger charge is -2.21. The number of hydrogen-bond acceptors (Lipinski definition) is 3. The van der Waals surface area contributed by atoms with Gasteiger partial charge in [0.2, 0.25) is 10.0 Å². The van der Waals surface area contributed by atoms with Gasteiger partial charge in [0.05, 0.1) is 10.5 Å². The molecule has 10 heteroatoms. The Kier molecular flexibility index (Phi) is 4.85. The first-order valence-electron chi connectivity index (χ1n) is 6.84. The fourth-order valence-corrected chi connectivity index (χ4v) is 3.79. The average molecular weight is 351 g/mol. The second-order valence-electron chi connectivity index (χ2n) is 5.11. The van der Waals surface area contributed by atoms with E-state index in [0.29, 0.717) is 13.0 Å². The van der Waals surface area contributed by atoms with Gasteiger partial charge in [0.25, 0.3) is 0 Å². The van der Waals surface area contributed by atoms with Crippen molar-refractivity contribution in [3.8, 4) is 0 Å². The first-order chi connectivity index (χ1) is 10.6. The van der Waals surface area contributed by atoms with E-state index < -0.39 is 27.8 Å². The van der Waals surface area contributed by atoms with Gasteiger partial charge in [-0.2, -0.15) is 17.5 Å². The van der Waals surface area contributed by atoms with E-state index >= 15 is 0 Å². The molecule has 2 rings (SSSR count). The summed E-state index contributed by atoms with van der Waals surface area (Å²) in [7, 11) is -3.91. The van der Waals surface area contributed by atoms with Crippen LogP contribution in [0.5, 0.6) is 0 Å². The molecular formula is C13H16F3N3O3S. The molecule has 2 amide bonds. The van der Waals surface area contributed by atoms with E-state index in [1.807, 2.05) is 0 Å². The van der Waals surface area contributed by atoms with Crippen molar-refractivity contribution in [3.05, 3.63) is 29.8 Å². The van der Waals surface area contributed by atoms with E-state index in [4.69, 9.17) is 5.73 Å². The molecule has 0 aromatic heterocycles. The van der Waals surface area contributed by atoms with Gasteiger partial charge in [-0.1, -0.05) is 0 Å². The summed E-state index contributed by atoms with van der Waals surface area (Å²) in [5.41, 5.74) is 4.26. The third-order valence-corrected chi connectivity index (χ3v) is 5.50. The van der Waals surface area contributed by atoms with Crippen molar-refractivity contribution in [2.75, 3.05) is 26.2 Å². The van der Waals surface area contributed by atoms with E-state index in [9.17, 15) is 26.4 Å². The minimum absolute atomic E-state index is 0.0479. The van der Waals surface area contributed by atoms with Crippen LogP contribution in [0.1, 0.15) is 12.0 Å². The Bertz CT molecular complexity index is 674. The third-order valence-electron chi connectivity index (χ3n) is 3.59. The predicted octanol–water partition coefficient (Wildman–Crippen LogP) is 1.48. The van der Waals surface area contributed by atoms with Gasteiger partial charge in [-0.3, -0.25) is 0 Å². The number of halogens is 3. The molecule has 0 atom stereocenters. The number of sulfonamides is 1. The second-order valence-corrected chi connectivity index (χ2v) is 7.04. The molecule has 23 heavy (non-hydrogen) atoms. The van der Waals surface area contributed by atoms with Crippen molar-refractivity contribution in [1.29, 1.82) is 0 Å². The maximum Gasteiger partial charge on any atom is 0.416 e. The Hall–Kier alpha value is -1.81. The normalized spacial score (nSPS) is 17.8. The van der Waals surface area contributed by atoms with Gasteiger partial charge in [0, 0.05) is 26.2 Å². The predicted molar refractivity (Wildman–Crippen MR) is 76.0 cm³/mol. The molecule has 1 heterocycles. The van der Waals surface area contributed by atoms with Crippen molar-refractivity contribution in [2.45, 2.75) is 17.5 Å². The third kappa shape index (κ3) is 3.94. The Morgan fingerprint density at radius 1 is 1.04 bits per heavy atom. The van der Waals surface area contributed by atoms with Crippen LogP contribution in [-0.2, 0) is 16.2 Å². The van der Waals surface area contributed by atoms with Gasteiger partial charge < -0.3 is 10.6 Å². The first-order valence-corrected chi connectivity index (χ1v) is 8.28. The number of urea groups is 1. The first kappa shape index (κ1) is 17.5. The molecule has 0 bridgehead atoms. The van der Waals surface area contributed by atoms with Crippen LogP contribution in [-0.4, -0.2) is 49.8 Å². The molecule has 0 unspecified atom stereocenters. The highest BCUT2D eigenvalue weighted by molar-refractivity contribution is 7.89. The van der Waals surface area contributed by atoms with Crippen LogP contribution in [0.2, 0.25) is 0 Å². The zero-order valence-corrected chi connectivity index (χ0v) is 12.9. The Morgan fingerprint density at radius 3 is 2.17 bits per heavy atom. The molecule has 0 aliphatic carbocycles. The maximum absolute atomic E-state index is 12.5. The largest absolute Gasteiger partial charge is 0.416 e. The molecule has 128 valence electrons. The van der Waals surface area contributed by atoms with Crippen LogP contribution in [0.3, 0.4) is 0 Å². The van der Waals surface area contributed by atoms with Crippen molar-refractivity contribution in [3.63, 3.8) is 0 Å². The highest BCUT2D eigenvalue weighted by atomic mass is 32.2. The summed E-state index contributed by atoms with van der Waals surface area (Å²) in [5, 5.41) is 0. The monoisotopic (exact) mass is 351 g/mol.